The minimum absolute atomic E-state index is 0.0341. The van der Waals surface area contributed by atoms with Crippen molar-refractivity contribution < 1.29 is 9.59 Å². The number of para-hydroxylation sites is 1. The van der Waals surface area contributed by atoms with Gasteiger partial charge in [-0.05, 0) is 31.5 Å². The lowest BCUT2D eigenvalue weighted by molar-refractivity contribution is -0.134. The third-order valence-electron chi connectivity index (χ3n) is 4.11. The number of nitrogens with one attached hydrogen (secondary N) is 2. The molecule has 0 aromatic heterocycles. The van der Waals surface area contributed by atoms with Gasteiger partial charge in [-0.3, -0.25) is 9.59 Å². The van der Waals surface area contributed by atoms with E-state index in [1.54, 1.807) is 29.2 Å². The van der Waals surface area contributed by atoms with E-state index in [1.807, 2.05) is 0 Å². The Morgan fingerprint density at radius 3 is 3.00 bits per heavy atom. The standard InChI is InChI=1S/C15H18ClN3O2/c16-11-5-1-2-6-12(11)18-14(20)9-19-8-13-10(15(19)21)4-3-7-17-13/h1-2,5-6,10,13,17H,3-4,7-9H2,(H,18,20). The highest BCUT2D eigenvalue weighted by Gasteiger charge is 2.41. The number of amides is 2. The Morgan fingerprint density at radius 1 is 1.43 bits per heavy atom. The van der Waals surface area contributed by atoms with Crippen LogP contribution < -0.4 is 10.6 Å². The van der Waals surface area contributed by atoms with Gasteiger partial charge < -0.3 is 15.5 Å². The van der Waals surface area contributed by atoms with Gasteiger partial charge in [-0.1, -0.05) is 23.7 Å². The van der Waals surface area contributed by atoms with Crippen LogP contribution in [-0.4, -0.2) is 42.4 Å². The Kier molecular flexibility index (Phi) is 4.12. The second-order valence-corrected chi connectivity index (χ2v) is 5.96. The van der Waals surface area contributed by atoms with E-state index in [1.165, 1.54) is 0 Å². The lowest BCUT2D eigenvalue weighted by atomic mass is 9.94. The Labute approximate surface area is 128 Å². The molecule has 112 valence electrons. The summed E-state index contributed by atoms with van der Waals surface area (Å²) in [5, 5.41) is 6.61. The fraction of sp³-hybridized carbons (Fsp3) is 0.467. The minimum Gasteiger partial charge on any atom is -0.331 e. The molecule has 1 aromatic carbocycles. The first kappa shape index (κ1) is 14.4. The fourth-order valence-corrected chi connectivity index (χ4v) is 3.25. The Bertz CT molecular complexity index is 564. The van der Waals surface area contributed by atoms with Crippen molar-refractivity contribution in [3.63, 3.8) is 0 Å². The number of fused-ring (bicyclic) bond motifs is 1. The van der Waals surface area contributed by atoms with Gasteiger partial charge in [-0.15, -0.1) is 0 Å². The molecule has 2 saturated heterocycles. The quantitative estimate of drug-likeness (QED) is 0.889. The highest BCUT2D eigenvalue weighted by atomic mass is 35.5. The molecule has 1 aromatic rings. The topological polar surface area (TPSA) is 61.4 Å². The molecule has 0 saturated carbocycles. The summed E-state index contributed by atoms with van der Waals surface area (Å²) in [5.74, 6) is -0.0940. The predicted molar refractivity (Wildman–Crippen MR) is 81.2 cm³/mol. The van der Waals surface area contributed by atoms with Crippen LogP contribution in [0.25, 0.3) is 0 Å². The molecule has 2 atom stereocenters. The largest absolute Gasteiger partial charge is 0.331 e. The van der Waals surface area contributed by atoms with Crippen LogP contribution in [-0.2, 0) is 9.59 Å². The van der Waals surface area contributed by atoms with E-state index in [2.05, 4.69) is 10.6 Å². The summed E-state index contributed by atoms with van der Waals surface area (Å²) in [5.41, 5.74) is 0.575. The van der Waals surface area contributed by atoms with Crippen LogP contribution in [0.4, 0.5) is 5.69 Å². The SMILES string of the molecule is O=C(CN1CC2NCCCC2C1=O)Nc1ccccc1Cl. The number of hydrogen-bond donors (Lipinski definition) is 2. The summed E-state index contributed by atoms with van der Waals surface area (Å²) in [7, 11) is 0. The molecule has 0 radical (unpaired) electrons. The van der Waals surface area contributed by atoms with Crippen LogP contribution in [0.3, 0.4) is 0 Å². The molecular formula is C15H18ClN3O2. The Hall–Kier alpha value is -1.59. The van der Waals surface area contributed by atoms with Crippen LogP contribution in [0.2, 0.25) is 5.02 Å². The van der Waals surface area contributed by atoms with E-state index in [4.69, 9.17) is 11.6 Å². The van der Waals surface area contributed by atoms with E-state index in [0.29, 0.717) is 17.3 Å². The number of carbonyl (C=O) groups excluding carboxylic acids is 2. The molecule has 0 spiro atoms. The molecule has 6 heteroatoms. The van der Waals surface area contributed by atoms with Gasteiger partial charge in [0.15, 0.2) is 0 Å². The van der Waals surface area contributed by atoms with E-state index in [0.717, 1.165) is 19.4 Å². The number of likely N-dealkylation sites (tertiary alicyclic amines) is 1. The number of halogens is 1. The van der Waals surface area contributed by atoms with Crippen LogP contribution in [0.15, 0.2) is 24.3 Å². The molecule has 3 rings (SSSR count). The third kappa shape index (κ3) is 3.04. The van der Waals surface area contributed by atoms with Crippen molar-refractivity contribution in [3.8, 4) is 0 Å². The molecule has 2 amide bonds. The zero-order chi connectivity index (χ0) is 14.8. The summed E-state index contributed by atoms with van der Waals surface area (Å²) in [6, 6.07) is 7.27. The van der Waals surface area contributed by atoms with Crippen molar-refractivity contribution >= 4 is 29.1 Å². The molecule has 0 bridgehead atoms. The third-order valence-corrected chi connectivity index (χ3v) is 4.44. The van der Waals surface area contributed by atoms with Crippen molar-refractivity contribution in [2.24, 2.45) is 5.92 Å². The molecule has 2 fully saturated rings. The van der Waals surface area contributed by atoms with Crippen molar-refractivity contribution in [3.05, 3.63) is 29.3 Å². The number of nitrogens with zero attached hydrogens (tertiary/aromatic N) is 1. The zero-order valence-corrected chi connectivity index (χ0v) is 12.4. The normalized spacial score (nSPS) is 24.8. The monoisotopic (exact) mass is 307 g/mol. The van der Waals surface area contributed by atoms with Gasteiger partial charge >= 0.3 is 0 Å². The summed E-state index contributed by atoms with van der Waals surface area (Å²) < 4.78 is 0. The lowest BCUT2D eigenvalue weighted by Gasteiger charge is -2.23. The lowest BCUT2D eigenvalue weighted by Crippen LogP contribution is -2.41. The van der Waals surface area contributed by atoms with E-state index < -0.39 is 0 Å². The fourth-order valence-electron chi connectivity index (χ4n) is 3.07. The van der Waals surface area contributed by atoms with Crippen molar-refractivity contribution in [1.82, 2.24) is 10.2 Å². The summed E-state index contributed by atoms with van der Waals surface area (Å²) in [4.78, 5) is 26.0. The van der Waals surface area contributed by atoms with E-state index in [-0.39, 0.29) is 30.3 Å². The molecule has 0 aliphatic carbocycles. The highest BCUT2D eigenvalue weighted by Crippen LogP contribution is 2.26. The number of hydrogen-bond acceptors (Lipinski definition) is 3. The van der Waals surface area contributed by atoms with Crippen LogP contribution in [0, 0.1) is 5.92 Å². The van der Waals surface area contributed by atoms with Gasteiger partial charge in [0, 0.05) is 12.6 Å². The van der Waals surface area contributed by atoms with E-state index >= 15 is 0 Å². The van der Waals surface area contributed by atoms with Crippen LogP contribution in [0.1, 0.15) is 12.8 Å². The number of anilines is 1. The van der Waals surface area contributed by atoms with E-state index in [9.17, 15) is 9.59 Å². The molecule has 2 unspecified atom stereocenters. The van der Waals surface area contributed by atoms with Crippen molar-refractivity contribution in [1.29, 1.82) is 0 Å². The van der Waals surface area contributed by atoms with Crippen LogP contribution in [0.5, 0.6) is 0 Å². The number of piperidine rings is 1. The second kappa shape index (κ2) is 6.03. The number of benzene rings is 1. The van der Waals surface area contributed by atoms with Gasteiger partial charge in [0.1, 0.15) is 0 Å². The molecule has 2 aliphatic heterocycles. The van der Waals surface area contributed by atoms with Gasteiger partial charge in [0.25, 0.3) is 0 Å². The van der Waals surface area contributed by atoms with Gasteiger partial charge in [-0.25, -0.2) is 0 Å². The first-order valence-corrected chi connectivity index (χ1v) is 7.59. The highest BCUT2D eigenvalue weighted by molar-refractivity contribution is 6.33. The molecule has 21 heavy (non-hydrogen) atoms. The zero-order valence-electron chi connectivity index (χ0n) is 11.6. The molecule has 2 heterocycles. The average Bonchev–Trinajstić information content (AvgIpc) is 2.78. The molecular weight excluding hydrogens is 290 g/mol. The van der Waals surface area contributed by atoms with Gasteiger partial charge in [-0.2, -0.15) is 0 Å². The first-order valence-electron chi connectivity index (χ1n) is 7.21. The number of rotatable bonds is 3. The second-order valence-electron chi connectivity index (χ2n) is 5.56. The van der Waals surface area contributed by atoms with Crippen molar-refractivity contribution in [2.75, 3.05) is 25.0 Å². The first-order chi connectivity index (χ1) is 10.1. The summed E-state index contributed by atoms with van der Waals surface area (Å²) >= 11 is 6.01. The maximum absolute atomic E-state index is 12.3. The summed E-state index contributed by atoms with van der Waals surface area (Å²) in [6.45, 7) is 1.65. The summed E-state index contributed by atoms with van der Waals surface area (Å²) in [6.07, 6.45) is 1.94. The average molecular weight is 308 g/mol. The Morgan fingerprint density at radius 2 is 2.24 bits per heavy atom. The maximum Gasteiger partial charge on any atom is 0.244 e. The van der Waals surface area contributed by atoms with Crippen LogP contribution >= 0.6 is 11.6 Å². The van der Waals surface area contributed by atoms with Gasteiger partial charge in [0.05, 0.1) is 23.2 Å². The number of carbonyl (C=O) groups is 2. The molecule has 5 nitrogen and oxygen atoms in total. The molecule has 2 aliphatic rings. The smallest absolute Gasteiger partial charge is 0.244 e. The minimum atomic E-state index is -0.213. The van der Waals surface area contributed by atoms with Gasteiger partial charge in [0.2, 0.25) is 11.8 Å². The Balaban J connectivity index is 1.60. The molecule has 2 N–H and O–H groups in total. The predicted octanol–water partition coefficient (Wildman–Crippen LogP) is 1.49. The maximum atomic E-state index is 12.3. The van der Waals surface area contributed by atoms with Crippen molar-refractivity contribution in [2.45, 2.75) is 18.9 Å².